The maximum absolute atomic E-state index is 13.1. The monoisotopic (exact) mass is 453 g/mol. The van der Waals surface area contributed by atoms with E-state index in [-0.39, 0.29) is 16.8 Å². The molecule has 0 saturated carbocycles. The number of anilines is 1. The Bertz CT molecular complexity index is 1390. The van der Waals surface area contributed by atoms with Crippen LogP contribution in [0.5, 0.6) is 5.75 Å². The number of fused-ring (bicyclic) bond motifs is 1. The average Bonchev–Trinajstić information content (AvgIpc) is 2.78. The number of aryl methyl sites for hydroxylation is 1. The lowest BCUT2D eigenvalue weighted by Gasteiger charge is -2.09. The number of rotatable bonds is 4. The second-order valence-electron chi connectivity index (χ2n) is 7.12. The summed E-state index contributed by atoms with van der Waals surface area (Å²) in [6, 6.07) is 16.2. The van der Waals surface area contributed by atoms with Crippen LogP contribution < -0.4 is 15.6 Å². The van der Waals surface area contributed by atoms with Crippen LogP contribution in [0.25, 0.3) is 11.0 Å². The molecule has 0 aliphatic carbocycles. The molecule has 0 radical (unpaired) electrons. The van der Waals surface area contributed by atoms with Gasteiger partial charge in [0.25, 0.3) is 5.91 Å². The van der Waals surface area contributed by atoms with Crippen molar-refractivity contribution in [2.45, 2.75) is 13.1 Å². The largest absolute Gasteiger partial charge is 0.493 e. The van der Waals surface area contributed by atoms with Crippen LogP contribution in [0.1, 0.15) is 21.6 Å². The Morgan fingerprint density at radius 3 is 2.45 bits per heavy atom. The van der Waals surface area contributed by atoms with Crippen LogP contribution in [0.15, 0.2) is 76.1 Å². The molecule has 0 spiro atoms. The molecule has 0 aliphatic rings. The van der Waals surface area contributed by atoms with E-state index >= 15 is 0 Å². The number of methoxy groups -OCH3 is 1. The molecule has 33 heavy (non-hydrogen) atoms. The highest BCUT2D eigenvalue weighted by atomic mass is 19.4. The van der Waals surface area contributed by atoms with E-state index in [9.17, 15) is 18.0 Å². The van der Waals surface area contributed by atoms with Crippen LogP contribution >= 0.6 is 0 Å². The zero-order valence-corrected chi connectivity index (χ0v) is 17.6. The predicted molar refractivity (Wildman–Crippen MR) is 116 cm³/mol. The minimum absolute atomic E-state index is 0.0824. The van der Waals surface area contributed by atoms with Crippen LogP contribution in [0.3, 0.4) is 0 Å². The number of hydrogen-bond acceptors (Lipinski definition) is 5. The quantitative estimate of drug-likeness (QED) is 0.433. The Morgan fingerprint density at radius 2 is 1.79 bits per heavy atom. The highest BCUT2D eigenvalue weighted by Crippen LogP contribution is 2.30. The van der Waals surface area contributed by atoms with E-state index in [1.54, 1.807) is 49.4 Å². The highest BCUT2D eigenvalue weighted by molar-refractivity contribution is 6.05. The molecule has 2 heterocycles. The summed E-state index contributed by atoms with van der Waals surface area (Å²) >= 11 is 0. The van der Waals surface area contributed by atoms with Gasteiger partial charge in [-0.15, -0.1) is 0 Å². The Hall–Kier alpha value is -4.14. The predicted octanol–water partition coefficient (Wildman–Crippen LogP) is 5.65. The summed E-state index contributed by atoms with van der Waals surface area (Å²) in [7, 11) is 1.47. The summed E-state index contributed by atoms with van der Waals surface area (Å²) < 4.78 is 49.9. The summed E-state index contributed by atoms with van der Waals surface area (Å²) in [5.41, 5.74) is 0.438. The molecule has 1 N–H and O–H groups in total. The number of amides is 1. The molecule has 1 amide bonds. The maximum atomic E-state index is 13.1. The van der Waals surface area contributed by atoms with E-state index in [0.717, 1.165) is 17.8 Å². The van der Waals surface area contributed by atoms with Crippen molar-refractivity contribution in [3.8, 4) is 5.75 Å². The molecule has 6 nitrogen and oxygen atoms in total. The molecular weight excluding hydrogens is 435 g/mol. The normalized spacial score (nSPS) is 12.1. The summed E-state index contributed by atoms with van der Waals surface area (Å²) in [5, 5.41) is 3.28. The number of hydrogen-bond donors (Lipinski definition) is 1. The van der Waals surface area contributed by atoms with Crippen molar-refractivity contribution in [1.29, 1.82) is 0 Å². The second kappa shape index (κ2) is 8.78. The van der Waals surface area contributed by atoms with Crippen LogP contribution in [0.4, 0.5) is 24.7 Å². The standard InChI is InChI=1S/C24H18F3N3O3/c1-14-5-3-8-20(28-14)30-22(31)18-13-15-6-4-7-19(32-2)21(15)33-23(18)29-17-11-9-16(10-12-17)24(25,26)27/h3-13H,1-2H3,(H,28,30,31). The van der Waals surface area contributed by atoms with Gasteiger partial charge in [-0.25, -0.2) is 9.98 Å². The minimum atomic E-state index is -4.47. The van der Waals surface area contributed by atoms with E-state index in [0.29, 0.717) is 22.5 Å². The van der Waals surface area contributed by atoms with Crippen molar-refractivity contribution >= 4 is 28.4 Å². The molecule has 0 bridgehead atoms. The number of ether oxygens (including phenoxy) is 1. The van der Waals surface area contributed by atoms with Gasteiger partial charge in [0, 0.05) is 11.1 Å². The van der Waals surface area contributed by atoms with E-state index < -0.39 is 17.6 Å². The SMILES string of the molecule is COc1cccc2cc(C(=O)Nc3cccc(C)n3)c(=Nc3ccc(C(F)(F)F)cc3)oc12. The number of pyridine rings is 1. The number of alkyl halides is 3. The number of para-hydroxylation sites is 1. The molecule has 2 aromatic carbocycles. The van der Waals surface area contributed by atoms with Crippen LogP contribution in [-0.4, -0.2) is 18.0 Å². The molecule has 0 aliphatic heterocycles. The van der Waals surface area contributed by atoms with Gasteiger partial charge < -0.3 is 14.5 Å². The number of nitrogens with one attached hydrogen (secondary N) is 1. The zero-order valence-electron chi connectivity index (χ0n) is 17.6. The topological polar surface area (TPSA) is 76.7 Å². The first-order valence-corrected chi connectivity index (χ1v) is 9.82. The third kappa shape index (κ3) is 4.87. The molecule has 0 atom stereocenters. The lowest BCUT2D eigenvalue weighted by atomic mass is 10.1. The van der Waals surface area contributed by atoms with Gasteiger partial charge >= 0.3 is 6.18 Å². The Labute approximate surface area is 186 Å². The fourth-order valence-corrected chi connectivity index (χ4v) is 3.17. The molecular formula is C24H18F3N3O3. The van der Waals surface area contributed by atoms with Gasteiger partial charge in [-0.1, -0.05) is 18.2 Å². The van der Waals surface area contributed by atoms with Gasteiger partial charge in [0.1, 0.15) is 11.4 Å². The summed E-state index contributed by atoms with van der Waals surface area (Å²) in [6.45, 7) is 1.79. The zero-order chi connectivity index (χ0) is 23.6. The van der Waals surface area contributed by atoms with Gasteiger partial charge in [-0.3, -0.25) is 4.79 Å². The van der Waals surface area contributed by atoms with E-state index in [4.69, 9.17) is 9.15 Å². The van der Waals surface area contributed by atoms with Crippen molar-refractivity contribution in [2.24, 2.45) is 4.99 Å². The molecule has 4 rings (SSSR count). The fraction of sp³-hybridized carbons (Fsp3) is 0.125. The van der Waals surface area contributed by atoms with Gasteiger partial charge in [0.2, 0.25) is 5.55 Å². The Morgan fingerprint density at radius 1 is 1.06 bits per heavy atom. The number of aromatic nitrogens is 1. The first kappa shape index (κ1) is 22.1. The van der Waals surface area contributed by atoms with Crippen LogP contribution in [-0.2, 0) is 6.18 Å². The number of carbonyl (C=O) groups is 1. The highest BCUT2D eigenvalue weighted by Gasteiger charge is 2.30. The van der Waals surface area contributed by atoms with Crippen molar-refractivity contribution in [1.82, 2.24) is 4.98 Å². The summed E-state index contributed by atoms with van der Waals surface area (Å²) in [6.07, 6.45) is -4.47. The van der Waals surface area contributed by atoms with Gasteiger partial charge in [-0.2, -0.15) is 13.2 Å². The number of benzene rings is 2. The first-order valence-electron chi connectivity index (χ1n) is 9.82. The molecule has 168 valence electrons. The van der Waals surface area contributed by atoms with Crippen LogP contribution in [0.2, 0.25) is 0 Å². The number of nitrogens with zero attached hydrogens (tertiary/aromatic N) is 2. The third-order valence-electron chi connectivity index (χ3n) is 4.76. The maximum Gasteiger partial charge on any atom is 0.416 e. The van der Waals surface area contributed by atoms with Gasteiger partial charge in [0.15, 0.2) is 11.3 Å². The van der Waals surface area contributed by atoms with Crippen molar-refractivity contribution in [3.63, 3.8) is 0 Å². The summed E-state index contributed by atoms with van der Waals surface area (Å²) in [5.74, 6) is 0.224. The Balaban J connectivity index is 1.85. The lowest BCUT2D eigenvalue weighted by molar-refractivity contribution is -0.137. The van der Waals surface area contributed by atoms with Crippen molar-refractivity contribution in [3.05, 3.63) is 89.1 Å². The number of halogens is 3. The molecule has 2 aromatic heterocycles. The third-order valence-corrected chi connectivity index (χ3v) is 4.76. The first-order chi connectivity index (χ1) is 15.7. The fourth-order valence-electron chi connectivity index (χ4n) is 3.17. The van der Waals surface area contributed by atoms with Crippen LogP contribution in [0, 0.1) is 6.92 Å². The molecule has 0 unspecified atom stereocenters. The van der Waals surface area contributed by atoms with Crippen molar-refractivity contribution < 1.29 is 27.1 Å². The molecule has 0 fully saturated rings. The smallest absolute Gasteiger partial charge is 0.416 e. The minimum Gasteiger partial charge on any atom is -0.493 e. The van der Waals surface area contributed by atoms with Gasteiger partial charge in [0.05, 0.1) is 18.4 Å². The van der Waals surface area contributed by atoms with E-state index in [1.165, 1.54) is 19.2 Å². The van der Waals surface area contributed by atoms with Crippen molar-refractivity contribution in [2.75, 3.05) is 12.4 Å². The van der Waals surface area contributed by atoms with E-state index in [1.807, 2.05) is 0 Å². The average molecular weight is 453 g/mol. The summed E-state index contributed by atoms with van der Waals surface area (Å²) in [4.78, 5) is 21.6. The lowest BCUT2D eigenvalue weighted by Crippen LogP contribution is -2.22. The molecule has 0 saturated heterocycles. The van der Waals surface area contributed by atoms with E-state index in [2.05, 4.69) is 15.3 Å². The molecule has 4 aromatic rings. The Kier molecular flexibility index (Phi) is 5.87. The molecule has 9 heteroatoms. The second-order valence-corrected chi connectivity index (χ2v) is 7.12. The number of carbonyl (C=O) groups excluding carboxylic acids is 1. The van der Waals surface area contributed by atoms with Gasteiger partial charge in [-0.05, 0) is 55.5 Å².